The molecule has 2 aromatic carbocycles. The van der Waals surface area contributed by atoms with Gasteiger partial charge in [-0.25, -0.2) is 0 Å². The zero-order valence-electron chi connectivity index (χ0n) is 15.4. The number of hydrogen-bond acceptors (Lipinski definition) is 3. The number of Topliss-reactive ketones (excluding diaryl/α,β-unsaturated/α-hetero) is 1. The number of quaternary nitrogens is 1. The van der Waals surface area contributed by atoms with Gasteiger partial charge in [0, 0.05) is 29.4 Å². The summed E-state index contributed by atoms with van der Waals surface area (Å²) in [5.41, 5.74) is 3.61. The topological polar surface area (TPSA) is 45.1 Å². The Bertz CT molecular complexity index is 893. The number of carbonyl (C=O) groups is 2. The maximum Gasteiger partial charge on any atom is 0.303 e. The van der Waals surface area contributed by atoms with Gasteiger partial charge in [-0.1, -0.05) is 29.8 Å². The van der Waals surface area contributed by atoms with Crippen molar-refractivity contribution in [1.82, 2.24) is 0 Å². The molecule has 1 saturated heterocycles. The summed E-state index contributed by atoms with van der Waals surface area (Å²) >= 11 is 5.98. The number of benzene rings is 2. The summed E-state index contributed by atoms with van der Waals surface area (Å²) in [6, 6.07) is 13.5. The van der Waals surface area contributed by atoms with Gasteiger partial charge < -0.3 is 9.80 Å². The van der Waals surface area contributed by atoms with E-state index < -0.39 is 11.7 Å². The minimum Gasteiger partial charge on any atom is -0.371 e. The standard InChI is InChI=1S/C21H22ClN3O2/c1-23(13-15-6-2-3-7-18(15)24-10-4-5-11-24)14-25-19-9-8-16(22)12-17(19)20(26)21(25)27/h2-3,6-9,12H,4-5,10-11,13-14H2,1H3/p+1. The van der Waals surface area contributed by atoms with Crippen LogP contribution in [-0.4, -0.2) is 38.5 Å². The van der Waals surface area contributed by atoms with Crippen molar-refractivity contribution in [3.8, 4) is 0 Å². The number of nitrogens with one attached hydrogen (secondary N) is 1. The zero-order valence-corrected chi connectivity index (χ0v) is 16.1. The molecule has 2 aromatic rings. The molecular formula is C21H23ClN3O2+. The number of anilines is 2. The first-order valence-corrected chi connectivity index (χ1v) is 9.72. The van der Waals surface area contributed by atoms with Gasteiger partial charge in [-0.05, 0) is 37.1 Å². The van der Waals surface area contributed by atoms with Gasteiger partial charge in [0.2, 0.25) is 0 Å². The largest absolute Gasteiger partial charge is 0.371 e. The fourth-order valence-electron chi connectivity index (χ4n) is 4.01. The number of para-hydroxylation sites is 1. The molecule has 0 spiro atoms. The predicted octanol–water partition coefficient (Wildman–Crippen LogP) is 2.14. The Morgan fingerprint density at radius 1 is 1.04 bits per heavy atom. The summed E-state index contributed by atoms with van der Waals surface area (Å²) in [6.45, 7) is 3.42. The van der Waals surface area contributed by atoms with E-state index in [1.165, 1.54) is 24.1 Å². The third-order valence-electron chi connectivity index (χ3n) is 5.29. The third-order valence-corrected chi connectivity index (χ3v) is 5.53. The lowest BCUT2D eigenvalue weighted by atomic mass is 10.1. The summed E-state index contributed by atoms with van der Waals surface area (Å²) in [5.74, 6) is -0.947. The van der Waals surface area contributed by atoms with Crippen molar-refractivity contribution in [2.75, 3.05) is 36.6 Å². The van der Waals surface area contributed by atoms with Crippen molar-refractivity contribution in [1.29, 1.82) is 0 Å². The second-order valence-electron chi connectivity index (χ2n) is 7.34. The van der Waals surface area contributed by atoms with Gasteiger partial charge in [0.25, 0.3) is 5.78 Å². The van der Waals surface area contributed by atoms with Crippen LogP contribution in [0.25, 0.3) is 0 Å². The van der Waals surface area contributed by atoms with Crippen LogP contribution >= 0.6 is 11.6 Å². The van der Waals surface area contributed by atoms with Gasteiger partial charge in [0.15, 0.2) is 6.67 Å². The lowest BCUT2D eigenvalue weighted by Crippen LogP contribution is -3.09. The Balaban J connectivity index is 1.52. The van der Waals surface area contributed by atoms with E-state index in [2.05, 4.69) is 29.2 Å². The lowest BCUT2D eigenvalue weighted by Gasteiger charge is -2.25. The van der Waals surface area contributed by atoms with Crippen LogP contribution in [0.5, 0.6) is 0 Å². The second-order valence-corrected chi connectivity index (χ2v) is 7.78. The average molecular weight is 385 g/mol. The van der Waals surface area contributed by atoms with E-state index in [4.69, 9.17) is 11.6 Å². The number of halogens is 1. The van der Waals surface area contributed by atoms with Gasteiger partial charge in [0.05, 0.1) is 18.3 Å². The normalized spacial score (nSPS) is 17.6. The second kappa shape index (κ2) is 7.33. The van der Waals surface area contributed by atoms with Crippen molar-refractivity contribution in [2.24, 2.45) is 0 Å². The molecule has 2 aliphatic heterocycles. The van der Waals surface area contributed by atoms with Crippen LogP contribution in [0.1, 0.15) is 28.8 Å². The molecule has 140 valence electrons. The molecule has 0 bridgehead atoms. The van der Waals surface area contributed by atoms with Crippen LogP contribution in [0.15, 0.2) is 42.5 Å². The molecule has 27 heavy (non-hydrogen) atoms. The Hall–Kier alpha value is -2.37. The number of nitrogens with zero attached hydrogens (tertiary/aromatic N) is 2. The quantitative estimate of drug-likeness (QED) is 0.803. The number of hydrogen-bond donors (Lipinski definition) is 1. The summed E-state index contributed by atoms with van der Waals surface area (Å²) in [6.07, 6.45) is 2.47. The Kier molecular flexibility index (Phi) is 4.89. The van der Waals surface area contributed by atoms with E-state index in [0.717, 1.165) is 24.5 Å². The molecule has 0 aromatic heterocycles. The Morgan fingerprint density at radius 3 is 2.56 bits per heavy atom. The summed E-state index contributed by atoms with van der Waals surface area (Å²) in [5, 5.41) is 0.469. The number of rotatable bonds is 5. The van der Waals surface area contributed by atoms with Gasteiger partial charge in [-0.3, -0.25) is 14.5 Å². The molecule has 1 amide bonds. The van der Waals surface area contributed by atoms with Crippen LogP contribution in [0.2, 0.25) is 5.02 Å². The summed E-state index contributed by atoms with van der Waals surface area (Å²) in [7, 11) is 2.05. The van der Waals surface area contributed by atoms with E-state index in [1.807, 2.05) is 7.05 Å². The average Bonchev–Trinajstić information content (AvgIpc) is 3.26. The molecule has 0 aliphatic carbocycles. The van der Waals surface area contributed by atoms with Crippen molar-refractivity contribution in [3.05, 3.63) is 58.6 Å². The molecule has 1 N–H and O–H groups in total. The van der Waals surface area contributed by atoms with Crippen LogP contribution in [0, 0.1) is 0 Å². The lowest BCUT2D eigenvalue weighted by molar-refractivity contribution is -0.892. The molecule has 1 fully saturated rings. The first-order chi connectivity index (χ1) is 13.0. The fraction of sp³-hybridized carbons (Fsp3) is 0.333. The molecule has 0 radical (unpaired) electrons. The van der Waals surface area contributed by atoms with Crippen LogP contribution in [-0.2, 0) is 11.3 Å². The van der Waals surface area contributed by atoms with Gasteiger partial charge >= 0.3 is 5.91 Å². The van der Waals surface area contributed by atoms with Gasteiger partial charge in [-0.15, -0.1) is 0 Å². The Labute approximate surface area is 164 Å². The molecule has 1 unspecified atom stereocenters. The summed E-state index contributed by atoms with van der Waals surface area (Å²) < 4.78 is 0. The van der Waals surface area contributed by atoms with Crippen molar-refractivity contribution in [2.45, 2.75) is 19.4 Å². The zero-order chi connectivity index (χ0) is 19.0. The highest BCUT2D eigenvalue weighted by Gasteiger charge is 2.37. The molecule has 6 heteroatoms. The molecule has 1 atom stereocenters. The molecule has 2 heterocycles. The minimum absolute atomic E-state index is 0.401. The first kappa shape index (κ1) is 18.0. The minimum atomic E-state index is -0.474. The predicted molar refractivity (Wildman–Crippen MR) is 107 cm³/mol. The highest BCUT2D eigenvalue weighted by atomic mass is 35.5. The van der Waals surface area contributed by atoms with E-state index in [1.54, 1.807) is 23.1 Å². The van der Waals surface area contributed by atoms with E-state index >= 15 is 0 Å². The van der Waals surface area contributed by atoms with Crippen molar-refractivity contribution >= 4 is 34.7 Å². The highest BCUT2D eigenvalue weighted by molar-refractivity contribution is 6.52. The fourth-order valence-corrected chi connectivity index (χ4v) is 4.18. The maximum absolute atomic E-state index is 12.4. The molecule has 2 aliphatic rings. The Morgan fingerprint density at radius 2 is 1.78 bits per heavy atom. The number of fused-ring (bicyclic) bond motifs is 1. The first-order valence-electron chi connectivity index (χ1n) is 9.34. The van der Waals surface area contributed by atoms with E-state index in [9.17, 15) is 9.59 Å². The maximum atomic E-state index is 12.4. The third kappa shape index (κ3) is 3.45. The van der Waals surface area contributed by atoms with Gasteiger partial charge in [0.1, 0.15) is 6.54 Å². The van der Waals surface area contributed by atoms with Crippen LogP contribution in [0.3, 0.4) is 0 Å². The van der Waals surface area contributed by atoms with Crippen molar-refractivity contribution in [3.63, 3.8) is 0 Å². The smallest absolute Gasteiger partial charge is 0.303 e. The number of amides is 1. The monoisotopic (exact) mass is 384 g/mol. The molecule has 4 rings (SSSR count). The summed E-state index contributed by atoms with van der Waals surface area (Å²) in [4.78, 5) is 29.9. The number of ketones is 1. The number of carbonyl (C=O) groups excluding carboxylic acids is 2. The van der Waals surface area contributed by atoms with Crippen molar-refractivity contribution < 1.29 is 14.5 Å². The molecule has 5 nitrogen and oxygen atoms in total. The van der Waals surface area contributed by atoms with Crippen LogP contribution < -0.4 is 14.7 Å². The SMILES string of the molecule is C[NH+](Cc1ccccc1N1CCCC1)CN1C(=O)C(=O)c2cc(Cl)ccc21. The molecular weight excluding hydrogens is 362 g/mol. The van der Waals surface area contributed by atoms with Crippen LogP contribution in [0.4, 0.5) is 11.4 Å². The highest BCUT2D eigenvalue weighted by Crippen LogP contribution is 2.30. The van der Waals surface area contributed by atoms with E-state index in [0.29, 0.717) is 22.9 Å². The van der Waals surface area contributed by atoms with Gasteiger partial charge in [-0.2, -0.15) is 0 Å². The molecule has 0 saturated carbocycles. The van der Waals surface area contributed by atoms with E-state index in [-0.39, 0.29) is 0 Å².